The molecule has 76 valence electrons. The van der Waals surface area contributed by atoms with Gasteiger partial charge in [-0.25, -0.2) is 4.79 Å². The van der Waals surface area contributed by atoms with Gasteiger partial charge in [-0.3, -0.25) is 0 Å². The molecule has 0 spiro atoms. The van der Waals surface area contributed by atoms with E-state index in [0.717, 1.165) is 0 Å². The van der Waals surface area contributed by atoms with Gasteiger partial charge in [0.05, 0.1) is 12.5 Å². The van der Waals surface area contributed by atoms with Crippen molar-refractivity contribution in [2.24, 2.45) is 0 Å². The zero-order valence-corrected chi connectivity index (χ0v) is 8.02. The first-order valence-electron chi connectivity index (χ1n) is 4.20. The minimum atomic E-state index is -0.759. The van der Waals surface area contributed by atoms with Crippen molar-refractivity contribution in [2.45, 2.75) is 12.8 Å². The summed E-state index contributed by atoms with van der Waals surface area (Å²) < 4.78 is 9.12. The lowest BCUT2D eigenvalue weighted by Gasteiger charge is -1.95. The number of rotatable bonds is 6. The second kappa shape index (κ2) is 9.32. The van der Waals surface area contributed by atoms with E-state index >= 15 is 0 Å². The summed E-state index contributed by atoms with van der Waals surface area (Å²) in [6.45, 7) is 7.01. The molecular weight excluding hydrogens is 180 g/mol. The fourth-order valence-corrected chi connectivity index (χ4v) is 0.539. The molecule has 0 saturated carbocycles. The molecule has 14 heavy (non-hydrogen) atoms. The lowest BCUT2D eigenvalue weighted by Crippen LogP contribution is -1.97. The Morgan fingerprint density at radius 2 is 1.43 bits per heavy atom. The van der Waals surface area contributed by atoms with E-state index < -0.39 is 6.16 Å². The maximum atomic E-state index is 10.8. The fourth-order valence-electron chi connectivity index (χ4n) is 0.539. The molecule has 0 heterocycles. The molecule has 0 aliphatic carbocycles. The van der Waals surface area contributed by atoms with E-state index in [-0.39, 0.29) is 0 Å². The van der Waals surface area contributed by atoms with Gasteiger partial charge in [0.15, 0.2) is 0 Å². The zero-order chi connectivity index (χ0) is 10.6. The number of ether oxygens (including phenoxy) is 2. The van der Waals surface area contributed by atoms with E-state index in [1.165, 1.54) is 12.5 Å². The minimum Gasteiger partial charge on any atom is -0.403 e. The zero-order valence-electron chi connectivity index (χ0n) is 8.02. The first kappa shape index (κ1) is 12.2. The molecule has 0 unspecified atom stereocenters. The second-order valence-electron chi connectivity index (χ2n) is 2.28. The molecule has 0 atom stereocenters. The molecule has 3 heteroatoms. The fraction of sp³-hybridized carbons (Fsp3) is 0.182. The SMILES string of the molecule is C=CCC=COC(=O)OC=CCC=C. The average molecular weight is 194 g/mol. The summed E-state index contributed by atoms with van der Waals surface area (Å²) in [5, 5.41) is 0. The Kier molecular flexibility index (Phi) is 8.14. The van der Waals surface area contributed by atoms with E-state index in [0.29, 0.717) is 12.8 Å². The highest BCUT2D eigenvalue weighted by molar-refractivity contribution is 5.61. The molecule has 0 bridgehead atoms. The van der Waals surface area contributed by atoms with E-state index in [1.54, 1.807) is 24.3 Å². The van der Waals surface area contributed by atoms with Gasteiger partial charge >= 0.3 is 6.16 Å². The molecule has 0 N–H and O–H groups in total. The molecule has 0 fully saturated rings. The predicted molar refractivity (Wildman–Crippen MR) is 55.5 cm³/mol. The summed E-state index contributed by atoms with van der Waals surface area (Å²) in [6.07, 6.45) is 9.77. The highest BCUT2D eigenvalue weighted by atomic mass is 16.7. The molecule has 0 amide bonds. The number of hydrogen-bond donors (Lipinski definition) is 0. The maximum Gasteiger partial charge on any atom is 0.518 e. The summed E-state index contributed by atoms with van der Waals surface area (Å²) in [7, 11) is 0. The van der Waals surface area contributed by atoms with Crippen LogP contribution < -0.4 is 0 Å². The van der Waals surface area contributed by atoms with Gasteiger partial charge in [0.2, 0.25) is 0 Å². The molecule has 0 aliphatic rings. The lowest BCUT2D eigenvalue weighted by atomic mass is 10.4. The number of allylic oxidation sites excluding steroid dienone is 4. The lowest BCUT2D eigenvalue weighted by molar-refractivity contribution is 0.119. The standard InChI is InChI=1S/C11H14O3/c1-3-5-7-9-13-11(12)14-10-8-6-4-2/h3-4,7-10H,1-2,5-6H2. The third-order valence-corrected chi connectivity index (χ3v) is 1.13. The van der Waals surface area contributed by atoms with Crippen LogP contribution in [0.15, 0.2) is 50.0 Å². The molecular formula is C11H14O3. The van der Waals surface area contributed by atoms with Crippen LogP contribution in [0.1, 0.15) is 12.8 Å². The van der Waals surface area contributed by atoms with E-state index in [4.69, 9.17) is 0 Å². The second-order valence-corrected chi connectivity index (χ2v) is 2.28. The first-order valence-corrected chi connectivity index (χ1v) is 4.20. The van der Waals surface area contributed by atoms with Gasteiger partial charge in [-0.15, -0.1) is 13.2 Å². The maximum absolute atomic E-state index is 10.8. The van der Waals surface area contributed by atoms with Gasteiger partial charge in [-0.2, -0.15) is 0 Å². The average Bonchev–Trinajstić information content (AvgIpc) is 2.19. The van der Waals surface area contributed by atoms with Crippen molar-refractivity contribution >= 4 is 6.16 Å². The van der Waals surface area contributed by atoms with Crippen LogP contribution in [0.2, 0.25) is 0 Å². The van der Waals surface area contributed by atoms with Gasteiger partial charge in [0, 0.05) is 0 Å². The smallest absolute Gasteiger partial charge is 0.403 e. The van der Waals surface area contributed by atoms with Crippen LogP contribution in [0.5, 0.6) is 0 Å². The summed E-state index contributed by atoms with van der Waals surface area (Å²) in [5.74, 6) is 0. The summed E-state index contributed by atoms with van der Waals surface area (Å²) in [4.78, 5) is 10.8. The van der Waals surface area contributed by atoms with Crippen molar-refractivity contribution in [3.63, 3.8) is 0 Å². The first-order chi connectivity index (χ1) is 6.81. The van der Waals surface area contributed by atoms with Crippen LogP contribution in [-0.2, 0) is 9.47 Å². The molecule has 0 rings (SSSR count). The van der Waals surface area contributed by atoms with E-state index in [2.05, 4.69) is 22.6 Å². The normalized spacial score (nSPS) is 10.3. The summed E-state index contributed by atoms with van der Waals surface area (Å²) in [6, 6.07) is 0. The Morgan fingerprint density at radius 3 is 1.79 bits per heavy atom. The molecule has 0 aromatic carbocycles. The highest BCUT2D eigenvalue weighted by Crippen LogP contribution is 1.91. The molecule has 0 aromatic rings. The minimum absolute atomic E-state index is 0.652. The van der Waals surface area contributed by atoms with Crippen molar-refractivity contribution in [1.29, 1.82) is 0 Å². The number of hydrogen-bond acceptors (Lipinski definition) is 3. The molecule has 0 aromatic heterocycles. The third kappa shape index (κ3) is 8.33. The Hall–Kier alpha value is -1.77. The Labute approximate surface area is 84.0 Å². The highest BCUT2D eigenvalue weighted by Gasteiger charge is 1.95. The van der Waals surface area contributed by atoms with E-state index in [9.17, 15) is 4.79 Å². The topological polar surface area (TPSA) is 35.5 Å². The van der Waals surface area contributed by atoms with Crippen molar-refractivity contribution in [1.82, 2.24) is 0 Å². The van der Waals surface area contributed by atoms with Gasteiger partial charge in [0.1, 0.15) is 0 Å². The quantitative estimate of drug-likeness (QED) is 0.369. The van der Waals surface area contributed by atoms with Crippen LogP contribution >= 0.6 is 0 Å². The van der Waals surface area contributed by atoms with Crippen LogP contribution in [0.3, 0.4) is 0 Å². The van der Waals surface area contributed by atoms with Crippen LogP contribution in [0, 0.1) is 0 Å². The molecule has 0 aliphatic heterocycles. The van der Waals surface area contributed by atoms with Crippen LogP contribution in [-0.4, -0.2) is 6.16 Å². The molecule has 0 saturated heterocycles. The largest absolute Gasteiger partial charge is 0.518 e. The van der Waals surface area contributed by atoms with Crippen molar-refractivity contribution < 1.29 is 14.3 Å². The summed E-state index contributed by atoms with van der Waals surface area (Å²) in [5.41, 5.74) is 0. The Morgan fingerprint density at radius 1 is 1.00 bits per heavy atom. The van der Waals surface area contributed by atoms with Crippen molar-refractivity contribution in [3.05, 3.63) is 50.0 Å². The molecule has 0 radical (unpaired) electrons. The van der Waals surface area contributed by atoms with Gasteiger partial charge in [-0.1, -0.05) is 12.2 Å². The Bertz CT molecular complexity index is 215. The van der Waals surface area contributed by atoms with Gasteiger partial charge in [0.25, 0.3) is 0 Å². The van der Waals surface area contributed by atoms with Gasteiger partial charge in [-0.05, 0) is 25.0 Å². The third-order valence-electron chi connectivity index (χ3n) is 1.13. The van der Waals surface area contributed by atoms with Crippen LogP contribution in [0.4, 0.5) is 4.79 Å². The monoisotopic (exact) mass is 194 g/mol. The van der Waals surface area contributed by atoms with Crippen LogP contribution in [0.25, 0.3) is 0 Å². The summed E-state index contributed by atoms with van der Waals surface area (Å²) >= 11 is 0. The predicted octanol–water partition coefficient (Wildman–Crippen LogP) is 3.32. The van der Waals surface area contributed by atoms with Crippen molar-refractivity contribution in [3.8, 4) is 0 Å². The molecule has 3 nitrogen and oxygen atoms in total. The Balaban J connectivity index is 3.54. The number of carbonyl (C=O) groups is 1. The van der Waals surface area contributed by atoms with Crippen molar-refractivity contribution in [2.75, 3.05) is 0 Å². The van der Waals surface area contributed by atoms with Gasteiger partial charge < -0.3 is 9.47 Å². The van der Waals surface area contributed by atoms with E-state index in [1.807, 2.05) is 0 Å². The number of carbonyl (C=O) groups excluding carboxylic acids is 1.